The van der Waals surface area contributed by atoms with Crippen LogP contribution in [-0.4, -0.2) is 5.54 Å². The molecule has 0 aromatic carbocycles. The maximum Gasteiger partial charge on any atom is 0.0154 e. The molecule has 0 saturated heterocycles. The second-order valence-corrected chi connectivity index (χ2v) is 5.44. The van der Waals surface area contributed by atoms with Crippen molar-refractivity contribution < 1.29 is 0 Å². The first kappa shape index (κ1) is 13.0. The van der Waals surface area contributed by atoms with Crippen LogP contribution in [0.2, 0.25) is 0 Å². The van der Waals surface area contributed by atoms with Crippen molar-refractivity contribution in [1.82, 2.24) is 0 Å². The predicted molar refractivity (Wildman–Crippen MR) is 68.0 cm³/mol. The van der Waals surface area contributed by atoms with Gasteiger partial charge >= 0.3 is 0 Å². The highest BCUT2D eigenvalue weighted by Gasteiger charge is 2.31. The average molecular weight is 211 g/mol. The van der Waals surface area contributed by atoms with E-state index >= 15 is 0 Å². The van der Waals surface area contributed by atoms with E-state index in [1.807, 2.05) is 0 Å². The minimum absolute atomic E-state index is 0.266. The molecule has 2 N–H and O–H groups in total. The van der Waals surface area contributed by atoms with Gasteiger partial charge in [-0.05, 0) is 25.7 Å². The first-order chi connectivity index (χ1) is 7.27. The third-order valence-corrected chi connectivity index (χ3v) is 3.88. The fraction of sp³-hybridized carbons (Fsp3) is 1.00. The number of hydrogen-bond acceptors (Lipinski definition) is 1. The summed E-state index contributed by atoms with van der Waals surface area (Å²) < 4.78 is 0. The molecular formula is C14H29N. The van der Waals surface area contributed by atoms with E-state index in [0.29, 0.717) is 0 Å². The van der Waals surface area contributed by atoms with E-state index in [-0.39, 0.29) is 5.54 Å². The highest BCUT2D eigenvalue weighted by molar-refractivity contribution is 4.91. The molecule has 0 aliphatic heterocycles. The number of hydrogen-bond donors (Lipinski definition) is 1. The zero-order valence-electron chi connectivity index (χ0n) is 10.6. The molecule has 1 aliphatic carbocycles. The Kier molecular flexibility index (Phi) is 6.31. The molecule has 0 aromatic heterocycles. The van der Waals surface area contributed by atoms with Gasteiger partial charge in [-0.2, -0.15) is 0 Å². The van der Waals surface area contributed by atoms with Gasteiger partial charge in [-0.15, -0.1) is 0 Å². The summed E-state index contributed by atoms with van der Waals surface area (Å²) >= 11 is 0. The summed E-state index contributed by atoms with van der Waals surface area (Å²) in [7, 11) is 0. The van der Waals surface area contributed by atoms with E-state index in [0.717, 1.165) is 0 Å². The molecule has 0 amide bonds. The smallest absolute Gasteiger partial charge is 0.0154 e. The van der Waals surface area contributed by atoms with E-state index < -0.39 is 0 Å². The number of unbranched alkanes of at least 4 members (excludes halogenated alkanes) is 7. The summed E-state index contributed by atoms with van der Waals surface area (Å²) in [4.78, 5) is 0. The standard InChI is InChI=1S/C14H29N/c1-2-3-4-5-6-7-8-9-11-14(15)12-10-13-14/h2-13,15H2,1H3. The zero-order chi connectivity index (χ0) is 11.0. The van der Waals surface area contributed by atoms with Crippen molar-refractivity contribution >= 4 is 0 Å². The maximum atomic E-state index is 6.18. The van der Waals surface area contributed by atoms with Crippen LogP contribution in [0.3, 0.4) is 0 Å². The molecule has 0 heterocycles. The van der Waals surface area contributed by atoms with E-state index in [1.54, 1.807) is 0 Å². The van der Waals surface area contributed by atoms with Crippen molar-refractivity contribution in [2.75, 3.05) is 0 Å². The summed E-state index contributed by atoms with van der Waals surface area (Å²) in [5.41, 5.74) is 6.45. The van der Waals surface area contributed by atoms with Gasteiger partial charge in [0.2, 0.25) is 0 Å². The first-order valence-corrected chi connectivity index (χ1v) is 7.06. The quantitative estimate of drug-likeness (QED) is 0.562. The van der Waals surface area contributed by atoms with Crippen LogP contribution in [-0.2, 0) is 0 Å². The molecule has 1 rings (SSSR count). The number of nitrogens with two attached hydrogens (primary N) is 1. The van der Waals surface area contributed by atoms with Crippen LogP contribution in [0.4, 0.5) is 0 Å². The molecule has 90 valence electrons. The molecule has 15 heavy (non-hydrogen) atoms. The Balaban J connectivity index is 1.77. The zero-order valence-corrected chi connectivity index (χ0v) is 10.6. The van der Waals surface area contributed by atoms with E-state index in [4.69, 9.17) is 5.73 Å². The molecule has 1 saturated carbocycles. The van der Waals surface area contributed by atoms with Crippen LogP contribution in [0.5, 0.6) is 0 Å². The molecule has 0 bridgehead atoms. The summed E-state index contributed by atoms with van der Waals surface area (Å²) in [6.07, 6.45) is 16.5. The molecule has 1 aliphatic rings. The Morgan fingerprint density at radius 2 is 1.40 bits per heavy atom. The van der Waals surface area contributed by atoms with Crippen LogP contribution < -0.4 is 5.73 Å². The lowest BCUT2D eigenvalue weighted by molar-refractivity contribution is 0.224. The molecule has 0 unspecified atom stereocenters. The van der Waals surface area contributed by atoms with Crippen LogP contribution in [0.1, 0.15) is 84.0 Å². The Hall–Kier alpha value is -0.0400. The van der Waals surface area contributed by atoms with Crippen LogP contribution in [0, 0.1) is 0 Å². The van der Waals surface area contributed by atoms with Crippen LogP contribution >= 0.6 is 0 Å². The second kappa shape index (κ2) is 7.27. The van der Waals surface area contributed by atoms with E-state index in [1.165, 1.54) is 77.0 Å². The number of rotatable bonds is 9. The first-order valence-electron chi connectivity index (χ1n) is 7.06. The normalized spacial score (nSPS) is 18.8. The summed E-state index contributed by atoms with van der Waals surface area (Å²) in [6, 6.07) is 0. The molecule has 0 radical (unpaired) electrons. The lowest BCUT2D eigenvalue weighted by atomic mass is 9.74. The van der Waals surface area contributed by atoms with Gasteiger partial charge in [0.1, 0.15) is 0 Å². The summed E-state index contributed by atoms with van der Waals surface area (Å²) in [6.45, 7) is 2.28. The van der Waals surface area contributed by atoms with Crippen molar-refractivity contribution in [1.29, 1.82) is 0 Å². The highest BCUT2D eigenvalue weighted by atomic mass is 14.8. The fourth-order valence-corrected chi connectivity index (χ4v) is 2.49. The molecule has 0 aromatic rings. The molecule has 0 atom stereocenters. The van der Waals surface area contributed by atoms with Crippen molar-refractivity contribution in [3.05, 3.63) is 0 Å². The second-order valence-electron chi connectivity index (χ2n) is 5.44. The van der Waals surface area contributed by atoms with Crippen LogP contribution in [0.15, 0.2) is 0 Å². The van der Waals surface area contributed by atoms with Crippen LogP contribution in [0.25, 0.3) is 0 Å². The van der Waals surface area contributed by atoms with Gasteiger partial charge in [-0.3, -0.25) is 0 Å². The monoisotopic (exact) mass is 211 g/mol. The van der Waals surface area contributed by atoms with E-state index in [9.17, 15) is 0 Å². The van der Waals surface area contributed by atoms with Gasteiger partial charge in [0.25, 0.3) is 0 Å². The minimum Gasteiger partial charge on any atom is -0.325 e. The van der Waals surface area contributed by atoms with Gasteiger partial charge in [-0.1, -0.05) is 58.3 Å². The van der Waals surface area contributed by atoms with Gasteiger partial charge in [0.05, 0.1) is 0 Å². The maximum absolute atomic E-state index is 6.18. The average Bonchev–Trinajstić information content (AvgIpc) is 2.19. The summed E-state index contributed by atoms with van der Waals surface area (Å²) in [5, 5.41) is 0. The highest BCUT2D eigenvalue weighted by Crippen LogP contribution is 2.33. The molecule has 1 heteroatoms. The van der Waals surface area contributed by atoms with Gasteiger partial charge in [0, 0.05) is 5.54 Å². The Labute approximate surface area is 95.8 Å². The van der Waals surface area contributed by atoms with Crippen molar-refractivity contribution in [3.8, 4) is 0 Å². The van der Waals surface area contributed by atoms with Crippen molar-refractivity contribution in [2.24, 2.45) is 5.73 Å². The Morgan fingerprint density at radius 3 is 1.87 bits per heavy atom. The van der Waals surface area contributed by atoms with E-state index in [2.05, 4.69) is 6.92 Å². The summed E-state index contributed by atoms with van der Waals surface area (Å²) in [5.74, 6) is 0. The topological polar surface area (TPSA) is 26.0 Å². The molecule has 0 spiro atoms. The SMILES string of the molecule is CCCCCCCCCCC1(N)CCC1. The lowest BCUT2D eigenvalue weighted by Crippen LogP contribution is -2.46. The van der Waals surface area contributed by atoms with Crippen molar-refractivity contribution in [2.45, 2.75) is 89.5 Å². The Bertz CT molecular complexity index is 149. The van der Waals surface area contributed by atoms with Gasteiger partial charge < -0.3 is 5.73 Å². The van der Waals surface area contributed by atoms with Gasteiger partial charge in [-0.25, -0.2) is 0 Å². The Morgan fingerprint density at radius 1 is 0.867 bits per heavy atom. The largest absolute Gasteiger partial charge is 0.325 e. The molecular weight excluding hydrogens is 182 g/mol. The molecule has 1 fully saturated rings. The third kappa shape index (κ3) is 5.55. The lowest BCUT2D eigenvalue weighted by Gasteiger charge is -2.38. The predicted octanol–water partition coefficient (Wildman–Crippen LogP) is 4.40. The third-order valence-electron chi connectivity index (χ3n) is 3.88. The molecule has 1 nitrogen and oxygen atoms in total. The van der Waals surface area contributed by atoms with Crippen molar-refractivity contribution in [3.63, 3.8) is 0 Å². The fourth-order valence-electron chi connectivity index (χ4n) is 2.49. The minimum atomic E-state index is 0.266. The van der Waals surface area contributed by atoms with Gasteiger partial charge in [0.15, 0.2) is 0 Å².